The Hall–Kier alpha value is -3.93. The molecule has 5 rings (SSSR count). The van der Waals surface area contributed by atoms with Gasteiger partial charge in [0.1, 0.15) is 11.9 Å². The molecule has 0 bridgehead atoms. The first-order valence-corrected chi connectivity index (χ1v) is 11.6. The number of hydrogen-bond acceptors (Lipinski definition) is 4. The van der Waals surface area contributed by atoms with E-state index in [-0.39, 0.29) is 23.7 Å². The zero-order valence-electron chi connectivity index (χ0n) is 19.0. The number of carbonyl (C=O) groups excluding carboxylic acids is 3. The summed E-state index contributed by atoms with van der Waals surface area (Å²) < 4.78 is 6.05. The molecule has 2 aliphatic heterocycles. The first-order valence-electron chi connectivity index (χ1n) is 11.6. The van der Waals surface area contributed by atoms with Crippen molar-refractivity contribution in [3.63, 3.8) is 0 Å². The largest absolute Gasteiger partial charge is 0.488 e. The molecule has 6 nitrogen and oxygen atoms in total. The van der Waals surface area contributed by atoms with Gasteiger partial charge in [-0.2, -0.15) is 0 Å². The quantitative estimate of drug-likeness (QED) is 0.560. The Morgan fingerprint density at radius 1 is 1.06 bits per heavy atom. The fraction of sp³-hybridized carbons (Fsp3) is 0.250. The van der Waals surface area contributed by atoms with E-state index in [1.54, 1.807) is 30.0 Å². The summed E-state index contributed by atoms with van der Waals surface area (Å²) in [7, 11) is 0. The Morgan fingerprint density at radius 2 is 1.91 bits per heavy atom. The Morgan fingerprint density at radius 3 is 2.71 bits per heavy atom. The van der Waals surface area contributed by atoms with E-state index in [9.17, 15) is 14.4 Å². The van der Waals surface area contributed by atoms with Gasteiger partial charge >= 0.3 is 0 Å². The molecule has 0 radical (unpaired) electrons. The monoisotopic (exact) mass is 454 g/mol. The van der Waals surface area contributed by atoms with Gasteiger partial charge in [0.15, 0.2) is 5.78 Å². The lowest BCUT2D eigenvalue weighted by atomic mass is 9.95. The lowest BCUT2D eigenvalue weighted by Gasteiger charge is -2.17. The van der Waals surface area contributed by atoms with Gasteiger partial charge in [-0.1, -0.05) is 36.4 Å². The second kappa shape index (κ2) is 9.14. The number of fused-ring (bicyclic) bond motifs is 1. The van der Waals surface area contributed by atoms with Gasteiger partial charge < -0.3 is 15.0 Å². The molecule has 6 heteroatoms. The van der Waals surface area contributed by atoms with Crippen molar-refractivity contribution in [1.82, 2.24) is 5.32 Å². The van der Waals surface area contributed by atoms with Crippen LogP contribution in [0.3, 0.4) is 0 Å². The number of carbonyl (C=O) groups is 3. The second-order valence-corrected chi connectivity index (χ2v) is 8.78. The van der Waals surface area contributed by atoms with E-state index in [1.807, 2.05) is 42.5 Å². The fourth-order valence-corrected chi connectivity index (χ4v) is 4.69. The third-order valence-electron chi connectivity index (χ3n) is 6.40. The van der Waals surface area contributed by atoms with E-state index >= 15 is 0 Å². The van der Waals surface area contributed by atoms with E-state index in [0.29, 0.717) is 37.1 Å². The first kappa shape index (κ1) is 21.9. The number of rotatable bonds is 6. The lowest BCUT2D eigenvalue weighted by molar-refractivity contribution is -0.117. The van der Waals surface area contributed by atoms with Crippen LogP contribution in [-0.4, -0.2) is 36.8 Å². The Kier molecular flexibility index (Phi) is 5.88. The van der Waals surface area contributed by atoms with Gasteiger partial charge in [0.2, 0.25) is 5.91 Å². The van der Waals surface area contributed by atoms with Crippen LogP contribution in [0.25, 0.3) is 11.1 Å². The van der Waals surface area contributed by atoms with Crippen molar-refractivity contribution < 1.29 is 19.1 Å². The maximum absolute atomic E-state index is 12.8. The predicted octanol–water partition coefficient (Wildman–Crippen LogP) is 4.42. The molecule has 0 aromatic heterocycles. The Labute approximate surface area is 198 Å². The normalized spacial score (nSPS) is 16.8. The molecule has 1 N–H and O–H groups in total. The summed E-state index contributed by atoms with van der Waals surface area (Å²) in [6.45, 7) is 2.64. The van der Waals surface area contributed by atoms with Crippen LogP contribution in [0.15, 0.2) is 66.7 Å². The third-order valence-corrected chi connectivity index (χ3v) is 6.40. The zero-order chi connectivity index (χ0) is 23.7. The van der Waals surface area contributed by atoms with E-state index in [2.05, 4.69) is 11.4 Å². The van der Waals surface area contributed by atoms with Gasteiger partial charge in [-0.05, 0) is 60.4 Å². The van der Waals surface area contributed by atoms with Gasteiger partial charge in [-0.3, -0.25) is 14.4 Å². The van der Waals surface area contributed by atoms with Crippen molar-refractivity contribution >= 4 is 23.3 Å². The molecule has 0 saturated carbocycles. The molecule has 0 spiro atoms. The second-order valence-electron chi connectivity index (χ2n) is 8.78. The van der Waals surface area contributed by atoms with Crippen molar-refractivity contribution in [2.75, 3.05) is 18.0 Å². The van der Waals surface area contributed by atoms with Gasteiger partial charge in [-0.15, -0.1) is 0 Å². The fourth-order valence-electron chi connectivity index (χ4n) is 4.69. The molecule has 3 aromatic carbocycles. The third kappa shape index (κ3) is 4.31. The highest BCUT2D eigenvalue weighted by atomic mass is 16.5. The smallest absolute Gasteiger partial charge is 0.251 e. The van der Waals surface area contributed by atoms with Crippen molar-refractivity contribution in [2.24, 2.45) is 0 Å². The van der Waals surface area contributed by atoms with E-state index in [4.69, 9.17) is 4.74 Å². The summed E-state index contributed by atoms with van der Waals surface area (Å²) >= 11 is 0. The number of ketones is 1. The van der Waals surface area contributed by atoms with Gasteiger partial charge in [0.25, 0.3) is 5.91 Å². The van der Waals surface area contributed by atoms with Crippen molar-refractivity contribution in [3.8, 4) is 16.9 Å². The molecule has 1 saturated heterocycles. The lowest BCUT2D eigenvalue weighted by Crippen LogP contribution is -2.34. The molecule has 2 amide bonds. The minimum absolute atomic E-state index is 0.0334. The van der Waals surface area contributed by atoms with Crippen molar-refractivity contribution in [1.29, 1.82) is 0 Å². The minimum Gasteiger partial charge on any atom is -0.488 e. The molecule has 1 atom stereocenters. The number of amides is 2. The number of nitrogens with one attached hydrogen (secondary N) is 1. The van der Waals surface area contributed by atoms with Crippen LogP contribution in [0.4, 0.5) is 5.69 Å². The average molecular weight is 455 g/mol. The number of ether oxygens (including phenoxy) is 1. The Balaban J connectivity index is 1.24. The SMILES string of the molecule is CC(=O)c1ccccc1-c1ccc2c(c1)CC(CNC(=O)c1cccc(N3CCCC3=O)c1)O2. The average Bonchev–Trinajstić information content (AvgIpc) is 3.47. The highest BCUT2D eigenvalue weighted by molar-refractivity contribution is 6.01. The number of Topliss-reactive ketones (excluding diaryl/α,β-unsaturated/α-hetero) is 1. The van der Waals surface area contributed by atoms with Gasteiger partial charge in [0, 0.05) is 36.2 Å². The van der Waals surface area contributed by atoms with Gasteiger partial charge in [-0.25, -0.2) is 0 Å². The van der Waals surface area contributed by atoms with Crippen LogP contribution >= 0.6 is 0 Å². The van der Waals surface area contributed by atoms with Crippen LogP contribution in [0, 0.1) is 0 Å². The molecular weight excluding hydrogens is 428 g/mol. The van der Waals surface area contributed by atoms with Crippen molar-refractivity contribution in [3.05, 3.63) is 83.4 Å². The van der Waals surface area contributed by atoms with E-state index in [0.717, 1.165) is 34.5 Å². The molecule has 2 heterocycles. The van der Waals surface area contributed by atoms with Gasteiger partial charge in [0.05, 0.1) is 6.54 Å². The van der Waals surface area contributed by atoms with Crippen LogP contribution in [0.2, 0.25) is 0 Å². The maximum atomic E-state index is 12.8. The first-order chi connectivity index (χ1) is 16.5. The van der Waals surface area contributed by atoms with Crippen LogP contribution in [0.1, 0.15) is 46.0 Å². The number of hydrogen-bond donors (Lipinski definition) is 1. The molecular formula is C28H26N2O4. The highest BCUT2D eigenvalue weighted by Crippen LogP contribution is 2.34. The number of benzene rings is 3. The molecule has 34 heavy (non-hydrogen) atoms. The van der Waals surface area contributed by atoms with Crippen molar-refractivity contribution in [2.45, 2.75) is 32.3 Å². The number of nitrogens with zero attached hydrogens (tertiary/aromatic N) is 1. The topological polar surface area (TPSA) is 75.7 Å². The molecule has 1 unspecified atom stereocenters. The Bertz CT molecular complexity index is 1280. The molecule has 3 aromatic rings. The molecule has 1 fully saturated rings. The summed E-state index contributed by atoms with van der Waals surface area (Å²) in [6, 6.07) is 20.7. The summed E-state index contributed by atoms with van der Waals surface area (Å²) in [5.74, 6) is 0.744. The van der Waals surface area contributed by atoms with E-state index in [1.165, 1.54) is 0 Å². The molecule has 2 aliphatic rings. The summed E-state index contributed by atoms with van der Waals surface area (Å²) in [5.41, 5.74) is 4.93. The zero-order valence-corrected chi connectivity index (χ0v) is 19.0. The molecule has 172 valence electrons. The van der Waals surface area contributed by atoms with Crippen LogP contribution < -0.4 is 15.0 Å². The highest BCUT2D eigenvalue weighted by Gasteiger charge is 2.25. The summed E-state index contributed by atoms with van der Waals surface area (Å²) in [4.78, 5) is 38.5. The predicted molar refractivity (Wildman–Crippen MR) is 130 cm³/mol. The van der Waals surface area contributed by atoms with Crippen LogP contribution in [0.5, 0.6) is 5.75 Å². The standard InChI is InChI=1S/C28H26N2O4/c1-18(31)24-8-2-3-9-25(24)19-11-12-26-21(14-19)16-23(34-26)17-29-28(33)20-6-4-7-22(15-20)30-13-5-10-27(30)32/h2-4,6-9,11-12,14-15,23H,5,10,13,16-17H2,1H3,(H,29,33). The van der Waals surface area contributed by atoms with Crippen LogP contribution in [-0.2, 0) is 11.2 Å². The van der Waals surface area contributed by atoms with E-state index < -0.39 is 0 Å². The summed E-state index contributed by atoms with van der Waals surface area (Å²) in [6.07, 6.45) is 1.91. The molecule has 0 aliphatic carbocycles. The number of anilines is 1. The maximum Gasteiger partial charge on any atom is 0.251 e. The summed E-state index contributed by atoms with van der Waals surface area (Å²) in [5, 5.41) is 2.96. The minimum atomic E-state index is -0.191.